The first-order chi connectivity index (χ1) is 7.40. The fourth-order valence-electron chi connectivity index (χ4n) is 1.33. The molecule has 1 aromatic carbocycles. The number of ether oxygens (including phenoxy) is 1. The van der Waals surface area contributed by atoms with Crippen LogP contribution in [0.15, 0.2) is 41.5 Å². The number of hydrogen-bond donors (Lipinski definition) is 2. The van der Waals surface area contributed by atoms with E-state index in [1.165, 1.54) is 6.20 Å². The summed E-state index contributed by atoms with van der Waals surface area (Å²) in [5.74, 6) is 0.800. The van der Waals surface area contributed by atoms with Gasteiger partial charge in [0.2, 0.25) is 0 Å². The van der Waals surface area contributed by atoms with Gasteiger partial charge in [-0.25, -0.2) is 0 Å². The van der Waals surface area contributed by atoms with Gasteiger partial charge in [0.15, 0.2) is 6.23 Å². The number of hydrogen-bond acceptors (Lipinski definition) is 4. The second kappa shape index (κ2) is 4.61. The molecule has 15 heavy (non-hydrogen) atoms. The molecule has 0 fully saturated rings. The zero-order valence-corrected chi connectivity index (χ0v) is 8.26. The molecular weight excluding hydrogens is 190 g/mol. The Morgan fingerprint density at radius 3 is 3.20 bits per heavy atom. The molecule has 4 heteroatoms. The number of benzene rings is 1. The number of fused-ring (bicyclic) bond motifs is 1. The quantitative estimate of drug-likeness (QED) is 0.775. The van der Waals surface area contributed by atoms with Crippen molar-refractivity contribution >= 4 is 11.9 Å². The molecule has 0 aliphatic carbocycles. The minimum absolute atomic E-state index is 0.184. The van der Waals surface area contributed by atoms with Gasteiger partial charge in [0.25, 0.3) is 0 Å². The van der Waals surface area contributed by atoms with Crippen molar-refractivity contribution < 1.29 is 4.74 Å². The number of nitrogens with one attached hydrogen (secondary N) is 1. The summed E-state index contributed by atoms with van der Waals surface area (Å²) in [6.45, 7) is 0.662. The summed E-state index contributed by atoms with van der Waals surface area (Å²) in [5.41, 5.74) is 6.09. The second-order valence-electron chi connectivity index (χ2n) is 3.12. The molecule has 2 rings (SSSR count). The van der Waals surface area contributed by atoms with Crippen LogP contribution in [-0.2, 0) is 0 Å². The Labute approximate surface area is 88.5 Å². The Hall–Kier alpha value is -1.81. The summed E-state index contributed by atoms with van der Waals surface area (Å²) < 4.78 is 5.64. The van der Waals surface area contributed by atoms with Gasteiger partial charge in [-0.2, -0.15) is 0 Å². The van der Waals surface area contributed by atoms with Crippen molar-refractivity contribution in [3.8, 4) is 5.75 Å². The van der Waals surface area contributed by atoms with Gasteiger partial charge < -0.3 is 10.5 Å². The normalized spacial score (nSPS) is 18.8. The third-order valence-corrected chi connectivity index (χ3v) is 2.04. The van der Waals surface area contributed by atoms with Crippen molar-refractivity contribution in [1.29, 1.82) is 0 Å². The summed E-state index contributed by atoms with van der Waals surface area (Å²) in [4.78, 5) is 4.29. The minimum atomic E-state index is -0.184. The third kappa shape index (κ3) is 2.35. The first-order valence-corrected chi connectivity index (χ1v) is 4.80. The fraction of sp³-hybridized carbons (Fsp3) is 0.182. The van der Waals surface area contributed by atoms with Crippen molar-refractivity contribution in [3.63, 3.8) is 0 Å². The van der Waals surface area contributed by atoms with Crippen LogP contribution in [0, 0.1) is 0 Å². The van der Waals surface area contributed by atoms with Crippen LogP contribution in [0.4, 0.5) is 5.69 Å². The maximum Gasteiger partial charge on any atom is 0.187 e. The standard InChI is InChI=1S/C11H13N3O/c12-6-3-7-13-11-8-14-9-4-1-2-5-10(9)15-11/h1-6,8,11,13H,7,12H2. The Bertz CT molecular complexity index is 387. The van der Waals surface area contributed by atoms with Crippen LogP contribution in [0.1, 0.15) is 0 Å². The fourth-order valence-corrected chi connectivity index (χ4v) is 1.33. The molecule has 0 saturated heterocycles. The van der Waals surface area contributed by atoms with Gasteiger partial charge in [-0.3, -0.25) is 10.3 Å². The average molecular weight is 203 g/mol. The third-order valence-electron chi connectivity index (χ3n) is 2.04. The Morgan fingerprint density at radius 2 is 2.33 bits per heavy atom. The maximum absolute atomic E-state index is 5.64. The molecule has 4 nitrogen and oxygen atoms in total. The van der Waals surface area contributed by atoms with E-state index in [2.05, 4.69) is 10.3 Å². The molecule has 78 valence electrons. The highest BCUT2D eigenvalue weighted by atomic mass is 16.5. The number of para-hydroxylation sites is 2. The number of rotatable bonds is 3. The zero-order chi connectivity index (χ0) is 10.5. The van der Waals surface area contributed by atoms with Gasteiger partial charge in [-0.1, -0.05) is 18.2 Å². The van der Waals surface area contributed by atoms with E-state index in [4.69, 9.17) is 10.5 Å². The molecule has 1 atom stereocenters. The number of nitrogens with zero attached hydrogens (tertiary/aromatic N) is 1. The van der Waals surface area contributed by atoms with Crippen molar-refractivity contribution in [2.75, 3.05) is 6.54 Å². The van der Waals surface area contributed by atoms with Crippen LogP contribution in [-0.4, -0.2) is 19.0 Å². The van der Waals surface area contributed by atoms with Crippen LogP contribution in [0.25, 0.3) is 0 Å². The molecule has 0 radical (unpaired) electrons. The van der Waals surface area contributed by atoms with E-state index >= 15 is 0 Å². The smallest absolute Gasteiger partial charge is 0.187 e. The molecule has 0 saturated carbocycles. The molecule has 3 N–H and O–H groups in total. The molecule has 1 aliphatic heterocycles. The van der Waals surface area contributed by atoms with E-state index in [0.717, 1.165) is 11.4 Å². The van der Waals surface area contributed by atoms with Crippen molar-refractivity contribution in [2.45, 2.75) is 6.23 Å². The van der Waals surface area contributed by atoms with Gasteiger partial charge in [0, 0.05) is 6.54 Å². The van der Waals surface area contributed by atoms with Crippen molar-refractivity contribution in [1.82, 2.24) is 5.32 Å². The predicted octanol–water partition coefficient (Wildman–Crippen LogP) is 1.17. The molecule has 1 aliphatic rings. The molecule has 1 heterocycles. The number of nitrogens with two attached hydrogens (primary N) is 1. The minimum Gasteiger partial charge on any atom is -0.468 e. The van der Waals surface area contributed by atoms with Gasteiger partial charge in [-0.05, 0) is 18.3 Å². The highest BCUT2D eigenvalue weighted by Gasteiger charge is 2.13. The van der Waals surface area contributed by atoms with E-state index in [9.17, 15) is 0 Å². The zero-order valence-electron chi connectivity index (χ0n) is 8.26. The number of aliphatic imine (C=N–C) groups is 1. The lowest BCUT2D eigenvalue weighted by Gasteiger charge is -2.20. The van der Waals surface area contributed by atoms with Gasteiger partial charge in [-0.15, -0.1) is 0 Å². The van der Waals surface area contributed by atoms with E-state index in [-0.39, 0.29) is 6.23 Å². The lowest BCUT2D eigenvalue weighted by atomic mass is 10.3. The first-order valence-electron chi connectivity index (χ1n) is 4.80. The molecule has 1 unspecified atom stereocenters. The van der Waals surface area contributed by atoms with Crippen molar-refractivity contribution in [2.24, 2.45) is 10.7 Å². The second-order valence-corrected chi connectivity index (χ2v) is 3.12. The van der Waals surface area contributed by atoms with E-state index in [1.807, 2.05) is 30.3 Å². The lowest BCUT2D eigenvalue weighted by Crippen LogP contribution is -2.37. The average Bonchev–Trinajstić information content (AvgIpc) is 2.29. The molecule has 0 spiro atoms. The summed E-state index contributed by atoms with van der Waals surface area (Å²) in [6.07, 6.45) is 4.88. The van der Waals surface area contributed by atoms with Gasteiger partial charge in [0.1, 0.15) is 11.4 Å². The highest BCUT2D eigenvalue weighted by molar-refractivity contribution is 5.73. The van der Waals surface area contributed by atoms with Crippen LogP contribution in [0.5, 0.6) is 5.75 Å². The van der Waals surface area contributed by atoms with Gasteiger partial charge >= 0.3 is 0 Å². The monoisotopic (exact) mass is 203 g/mol. The SMILES string of the molecule is NC=CCNC1C=Nc2ccccc2O1. The van der Waals surface area contributed by atoms with Crippen LogP contribution in [0.2, 0.25) is 0 Å². The topological polar surface area (TPSA) is 59.6 Å². The van der Waals surface area contributed by atoms with Crippen LogP contribution < -0.4 is 15.8 Å². The predicted molar refractivity (Wildman–Crippen MR) is 60.3 cm³/mol. The summed E-state index contributed by atoms with van der Waals surface area (Å²) >= 11 is 0. The lowest BCUT2D eigenvalue weighted by molar-refractivity contribution is 0.235. The van der Waals surface area contributed by atoms with Crippen molar-refractivity contribution in [3.05, 3.63) is 36.5 Å². The van der Waals surface area contributed by atoms with Crippen LogP contribution >= 0.6 is 0 Å². The first kappa shape index (κ1) is 9.73. The van der Waals surface area contributed by atoms with E-state index < -0.39 is 0 Å². The molecule has 0 amide bonds. The van der Waals surface area contributed by atoms with E-state index in [0.29, 0.717) is 6.54 Å². The Morgan fingerprint density at radius 1 is 1.47 bits per heavy atom. The van der Waals surface area contributed by atoms with E-state index in [1.54, 1.807) is 6.21 Å². The largest absolute Gasteiger partial charge is 0.468 e. The summed E-state index contributed by atoms with van der Waals surface area (Å²) in [5, 5.41) is 3.13. The summed E-state index contributed by atoms with van der Waals surface area (Å²) in [6, 6.07) is 7.68. The Balaban J connectivity index is 2.00. The molecular formula is C11H13N3O. The summed E-state index contributed by atoms with van der Waals surface area (Å²) in [7, 11) is 0. The maximum atomic E-state index is 5.64. The Kier molecular flexibility index (Phi) is 2.99. The molecule has 1 aromatic rings. The van der Waals surface area contributed by atoms with Crippen LogP contribution in [0.3, 0.4) is 0 Å². The molecule has 0 bridgehead atoms. The highest BCUT2D eigenvalue weighted by Crippen LogP contribution is 2.29. The molecule has 0 aromatic heterocycles. The van der Waals surface area contributed by atoms with Gasteiger partial charge in [0.05, 0.1) is 6.21 Å².